The largest absolute Gasteiger partial charge is 0.464 e. The minimum absolute atomic E-state index is 0.134. The molecule has 1 atom stereocenters. The first kappa shape index (κ1) is 16.9. The second-order valence-electron chi connectivity index (χ2n) is 4.13. The van der Waals surface area contributed by atoms with Crippen LogP contribution in [0.25, 0.3) is 6.08 Å². The second kappa shape index (κ2) is 8.21. The van der Waals surface area contributed by atoms with E-state index in [0.29, 0.717) is 5.56 Å². The summed E-state index contributed by atoms with van der Waals surface area (Å²) in [4.78, 5) is 23.1. The van der Waals surface area contributed by atoms with Gasteiger partial charge in [0.2, 0.25) is 5.91 Å². The fourth-order valence-corrected chi connectivity index (χ4v) is 2.12. The molecule has 1 rings (SSSR count). The molecule has 0 aliphatic rings. The number of hydrogen-bond acceptors (Lipinski definition) is 5. The van der Waals surface area contributed by atoms with E-state index in [1.807, 2.05) is 0 Å². The maximum Gasteiger partial charge on any atom is 0.328 e. The highest BCUT2D eigenvalue weighted by Crippen LogP contribution is 2.11. The number of esters is 1. The highest BCUT2D eigenvalue weighted by molar-refractivity contribution is 7.72. The topological polar surface area (TPSA) is 89.5 Å². The molecule has 0 unspecified atom stereocenters. The van der Waals surface area contributed by atoms with Gasteiger partial charge >= 0.3 is 5.97 Å². The minimum atomic E-state index is -2.74. The van der Waals surface area contributed by atoms with E-state index < -0.39 is 28.6 Å². The summed E-state index contributed by atoms with van der Waals surface area (Å²) in [5.41, 5.74) is 0.410. The first-order valence-electron chi connectivity index (χ1n) is 6.34. The summed E-state index contributed by atoms with van der Waals surface area (Å²) in [5, 5.41) is 2.43. The summed E-state index contributed by atoms with van der Waals surface area (Å²) < 4.78 is 26.9. The molecule has 0 radical (unpaired) electrons. The van der Waals surface area contributed by atoms with Gasteiger partial charge in [-0.2, -0.15) is 0 Å². The Balaban J connectivity index is 2.73. The van der Waals surface area contributed by atoms with Crippen LogP contribution in [0.2, 0.25) is 0 Å². The van der Waals surface area contributed by atoms with Crippen LogP contribution in [-0.2, 0) is 25.0 Å². The molecule has 0 spiro atoms. The number of carbonyl (C=O) groups excluding carboxylic acids is 2. The zero-order chi connectivity index (χ0) is 15.8. The Labute approximate surface area is 124 Å². The van der Waals surface area contributed by atoms with E-state index in [1.54, 1.807) is 25.1 Å². The molecule has 0 aliphatic carbocycles. The number of hydrogen-bond donors (Lipinski definition) is 2. The molecule has 0 saturated carbocycles. The highest BCUT2D eigenvalue weighted by Gasteiger charge is 2.14. The monoisotopic (exact) mass is 311 g/mol. The Bertz CT molecular complexity index is 614. The maximum absolute atomic E-state index is 11.7. The van der Waals surface area contributed by atoms with Crippen LogP contribution in [0.1, 0.15) is 19.4 Å². The van der Waals surface area contributed by atoms with Crippen LogP contribution in [0.4, 0.5) is 0 Å². The molecular formula is C14H17NO5S. The fourth-order valence-electron chi connectivity index (χ4n) is 1.55. The molecule has 0 saturated heterocycles. The molecule has 1 N–H and O–H groups in total. The SMILES string of the molecule is CCOC(=O)[C@H](C)NC(=O)/C=C/c1ccccc1[SH](=O)=O. The first-order chi connectivity index (χ1) is 9.95. The van der Waals surface area contributed by atoms with Crippen LogP contribution >= 0.6 is 0 Å². The predicted octanol–water partition coefficient (Wildman–Crippen LogP) is 0.738. The van der Waals surface area contributed by atoms with Crippen LogP contribution in [0, 0.1) is 0 Å². The number of ether oxygens (including phenoxy) is 1. The lowest BCUT2D eigenvalue weighted by molar-refractivity contribution is -0.146. The summed E-state index contributed by atoms with van der Waals surface area (Å²) in [6.45, 7) is 3.42. The van der Waals surface area contributed by atoms with Crippen molar-refractivity contribution >= 4 is 28.7 Å². The molecule has 0 aromatic heterocycles. The highest BCUT2D eigenvalue weighted by atomic mass is 32.2. The number of benzene rings is 1. The van der Waals surface area contributed by atoms with Crippen molar-refractivity contribution in [3.05, 3.63) is 35.9 Å². The van der Waals surface area contributed by atoms with E-state index in [0.717, 1.165) is 0 Å². The third-order valence-electron chi connectivity index (χ3n) is 2.55. The number of amides is 1. The quantitative estimate of drug-likeness (QED) is 0.459. The zero-order valence-electron chi connectivity index (χ0n) is 11.7. The van der Waals surface area contributed by atoms with Crippen LogP contribution in [0.5, 0.6) is 0 Å². The van der Waals surface area contributed by atoms with Crippen LogP contribution in [-0.4, -0.2) is 32.9 Å². The molecule has 114 valence electrons. The molecule has 0 aliphatic heterocycles. The number of nitrogens with one attached hydrogen (secondary N) is 1. The van der Waals surface area contributed by atoms with Crippen molar-refractivity contribution in [2.75, 3.05) is 6.61 Å². The summed E-state index contributed by atoms with van der Waals surface area (Å²) in [7, 11) is -2.74. The van der Waals surface area contributed by atoms with Gasteiger partial charge < -0.3 is 10.1 Å². The van der Waals surface area contributed by atoms with Crippen molar-refractivity contribution in [1.82, 2.24) is 5.32 Å². The number of thiol groups is 1. The zero-order valence-corrected chi connectivity index (χ0v) is 12.6. The molecular weight excluding hydrogens is 294 g/mol. The Hall–Kier alpha value is -2.15. The molecule has 7 heteroatoms. The Kier molecular flexibility index (Phi) is 6.61. The van der Waals surface area contributed by atoms with Gasteiger partial charge in [-0.3, -0.25) is 4.79 Å². The first-order valence-corrected chi connectivity index (χ1v) is 7.52. The molecule has 0 fully saturated rings. The van der Waals surface area contributed by atoms with Gasteiger partial charge in [-0.05, 0) is 31.6 Å². The second-order valence-corrected chi connectivity index (χ2v) is 5.13. The van der Waals surface area contributed by atoms with Gasteiger partial charge in [0.1, 0.15) is 6.04 Å². The van der Waals surface area contributed by atoms with Gasteiger partial charge in [0.15, 0.2) is 10.7 Å². The maximum atomic E-state index is 11.7. The van der Waals surface area contributed by atoms with E-state index >= 15 is 0 Å². The summed E-state index contributed by atoms with van der Waals surface area (Å²) in [6, 6.07) is 5.53. The lowest BCUT2D eigenvalue weighted by atomic mass is 10.2. The molecule has 0 bridgehead atoms. The Morgan fingerprint density at radius 3 is 2.62 bits per heavy atom. The normalized spacial score (nSPS) is 12.3. The minimum Gasteiger partial charge on any atom is -0.464 e. The molecule has 1 aromatic carbocycles. The van der Waals surface area contributed by atoms with Gasteiger partial charge in [-0.1, -0.05) is 18.2 Å². The molecule has 21 heavy (non-hydrogen) atoms. The van der Waals surface area contributed by atoms with Crippen LogP contribution < -0.4 is 5.32 Å². The molecule has 6 nitrogen and oxygen atoms in total. The molecule has 0 heterocycles. The van der Waals surface area contributed by atoms with E-state index in [-0.39, 0.29) is 11.5 Å². The van der Waals surface area contributed by atoms with Gasteiger partial charge in [-0.15, -0.1) is 0 Å². The van der Waals surface area contributed by atoms with Gasteiger partial charge in [0.25, 0.3) is 0 Å². The van der Waals surface area contributed by atoms with Crippen molar-refractivity contribution in [2.45, 2.75) is 24.8 Å². The van der Waals surface area contributed by atoms with Crippen molar-refractivity contribution < 1.29 is 22.7 Å². The van der Waals surface area contributed by atoms with E-state index in [1.165, 1.54) is 25.1 Å². The van der Waals surface area contributed by atoms with Crippen molar-refractivity contribution in [3.8, 4) is 0 Å². The summed E-state index contributed by atoms with van der Waals surface area (Å²) in [6.07, 6.45) is 2.56. The third kappa shape index (κ3) is 5.39. The van der Waals surface area contributed by atoms with Gasteiger partial charge in [-0.25, -0.2) is 13.2 Å². The third-order valence-corrected chi connectivity index (χ3v) is 3.35. The summed E-state index contributed by atoms with van der Waals surface area (Å²) >= 11 is 0. The van der Waals surface area contributed by atoms with Crippen LogP contribution in [0.3, 0.4) is 0 Å². The average molecular weight is 311 g/mol. The van der Waals surface area contributed by atoms with E-state index in [2.05, 4.69) is 5.32 Å². The van der Waals surface area contributed by atoms with Crippen molar-refractivity contribution in [1.29, 1.82) is 0 Å². The van der Waals surface area contributed by atoms with Gasteiger partial charge in [0.05, 0.1) is 11.5 Å². The average Bonchev–Trinajstić information content (AvgIpc) is 2.45. The lowest BCUT2D eigenvalue weighted by Crippen LogP contribution is -2.38. The van der Waals surface area contributed by atoms with Crippen molar-refractivity contribution in [2.24, 2.45) is 0 Å². The lowest BCUT2D eigenvalue weighted by Gasteiger charge is -2.10. The molecule has 1 amide bonds. The van der Waals surface area contributed by atoms with E-state index in [4.69, 9.17) is 4.74 Å². The standard InChI is InChI=1S/C14H17NO5S/c1-3-20-14(17)10(2)15-13(16)9-8-11-6-4-5-7-12(11)21(18)19/h4-10,21H,3H2,1-2H3,(H,15,16)/b9-8+/t10-/m0/s1. The Morgan fingerprint density at radius 1 is 1.33 bits per heavy atom. The Morgan fingerprint density at radius 2 is 2.00 bits per heavy atom. The fraction of sp³-hybridized carbons (Fsp3) is 0.286. The smallest absolute Gasteiger partial charge is 0.328 e. The van der Waals surface area contributed by atoms with E-state index in [9.17, 15) is 18.0 Å². The predicted molar refractivity (Wildman–Crippen MR) is 78.3 cm³/mol. The number of carbonyl (C=O) groups is 2. The van der Waals surface area contributed by atoms with Gasteiger partial charge in [0, 0.05) is 6.08 Å². The molecule has 1 aromatic rings. The van der Waals surface area contributed by atoms with Crippen LogP contribution in [0.15, 0.2) is 35.2 Å². The number of rotatable bonds is 6. The van der Waals surface area contributed by atoms with Crippen molar-refractivity contribution in [3.63, 3.8) is 0 Å². The summed E-state index contributed by atoms with van der Waals surface area (Å²) in [5.74, 6) is -1.03.